The highest BCUT2D eigenvalue weighted by atomic mass is 32.1. The molecule has 3 rings (SSSR count). The average molecular weight is 297 g/mol. The summed E-state index contributed by atoms with van der Waals surface area (Å²) in [5.74, 6) is -0.280. The van der Waals surface area contributed by atoms with E-state index in [1.807, 2.05) is 30.3 Å². The van der Waals surface area contributed by atoms with Gasteiger partial charge in [-0.2, -0.15) is 0 Å². The summed E-state index contributed by atoms with van der Waals surface area (Å²) in [4.78, 5) is 16.4. The third-order valence-electron chi connectivity index (χ3n) is 3.14. The van der Waals surface area contributed by atoms with Gasteiger partial charge in [0.1, 0.15) is 0 Å². The Morgan fingerprint density at radius 3 is 2.76 bits per heavy atom. The first-order valence-electron chi connectivity index (χ1n) is 6.87. The van der Waals surface area contributed by atoms with Gasteiger partial charge in [-0.3, -0.25) is 0 Å². The number of nitrogens with zero attached hydrogens (tertiary/aromatic N) is 1. The lowest BCUT2D eigenvalue weighted by Crippen LogP contribution is -2.03. The molecule has 0 atom stereocenters. The summed E-state index contributed by atoms with van der Waals surface area (Å²) in [7, 11) is 0. The molecule has 3 aromatic rings. The molecule has 0 unspecified atom stereocenters. The smallest absolute Gasteiger partial charge is 0.338 e. The van der Waals surface area contributed by atoms with Crippen LogP contribution in [-0.4, -0.2) is 17.6 Å². The molecule has 1 aromatic heterocycles. The van der Waals surface area contributed by atoms with Crippen molar-refractivity contribution in [3.05, 3.63) is 64.7 Å². The number of hydrogen-bond donors (Lipinski definition) is 0. The molecule has 0 radical (unpaired) electrons. The average Bonchev–Trinajstić information content (AvgIpc) is 2.89. The minimum Gasteiger partial charge on any atom is -0.462 e. The van der Waals surface area contributed by atoms with Gasteiger partial charge in [0.05, 0.1) is 27.4 Å². The highest BCUT2D eigenvalue weighted by Gasteiger charge is 2.10. The molecule has 0 amide bonds. The number of thiazole rings is 1. The van der Waals surface area contributed by atoms with Crippen molar-refractivity contribution in [2.45, 2.75) is 13.3 Å². The molecule has 1 heterocycles. The maximum Gasteiger partial charge on any atom is 0.338 e. The Bertz CT molecular complexity index is 765. The third-order valence-corrected chi connectivity index (χ3v) is 4.16. The number of fused-ring (bicyclic) bond motifs is 1. The molecule has 0 saturated carbocycles. The molecule has 21 heavy (non-hydrogen) atoms. The van der Waals surface area contributed by atoms with Crippen LogP contribution >= 0.6 is 11.3 Å². The molecule has 0 fully saturated rings. The van der Waals surface area contributed by atoms with Crippen LogP contribution in [-0.2, 0) is 11.2 Å². The van der Waals surface area contributed by atoms with Crippen molar-refractivity contribution < 1.29 is 9.53 Å². The first kappa shape index (κ1) is 13.8. The van der Waals surface area contributed by atoms with Gasteiger partial charge in [-0.15, -0.1) is 11.3 Å². The van der Waals surface area contributed by atoms with E-state index in [0.717, 1.165) is 21.6 Å². The van der Waals surface area contributed by atoms with Crippen LogP contribution in [0.25, 0.3) is 10.2 Å². The van der Waals surface area contributed by atoms with Gasteiger partial charge >= 0.3 is 5.97 Å². The van der Waals surface area contributed by atoms with E-state index in [9.17, 15) is 4.79 Å². The monoisotopic (exact) mass is 297 g/mol. The van der Waals surface area contributed by atoms with Gasteiger partial charge in [-0.1, -0.05) is 30.3 Å². The van der Waals surface area contributed by atoms with Crippen LogP contribution in [0.5, 0.6) is 0 Å². The van der Waals surface area contributed by atoms with E-state index in [-0.39, 0.29) is 5.97 Å². The van der Waals surface area contributed by atoms with Gasteiger partial charge < -0.3 is 4.74 Å². The van der Waals surface area contributed by atoms with Crippen molar-refractivity contribution >= 4 is 27.5 Å². The summed E-state index contributed by atoms with van der Waals surface area (Å²) in [6.07, 6.45) is 0.814. The second-order valence-electron chi connectivity index (χ2n) is 4.67. The van der Waals surface area contributed by atoms with Crippen molar-refractivity contribution in [1.82, 2.24) is 4.98 Å². The lowest BCUT2D eigenvalue weighted by molar-refractivity contribution is 0.0526. The van der Waals surface area contributed by atoms with Gasteiger partial charge in [0.2, 0.25) is 0 Å². The molecule has 0 aliphatic rings. The molecule has 0 aliphatic heterocycles. The van der Waals surface area contributed by atoms with Gasteiger partial charge in [-0.25, -0.2) is 9.78 Å². The number of esters is 1. The van der Waals surface area contributed by atoms with Crippen LogP contribution in [0, 0.1) is 0 Å². The normalized spacial score (nSPS) is 10.7. The fourth-order valence-corrected chi connectivity index (χ4v) is 3.20. The number of ether oxygens (including phenoxy) is 1. The van der Waals surface area contributed by atoms with E-state index in [4.69, 9.17) is 4.74 Å². The quantitative estimate of drug-likeness (QED) is 0.682. The second kappa shape index (κ2) is 6.06. The zero-order valence-electron chi connectivity index (χ0n) is 11.7. The highest BCUT2D eigenvalue weighted by molar-refractivity contribution is 7.18. The minimum atomic E-state index is -0.280. The van der Waals surface area contributed by atoms with Crippen LogP contribution in [0.4, 0.5) is 0 Å². The number of hydrogen-bond acceptors (Lipinski definition) is 4. The van der Waals surface area contributed by atoms with Crippen LogP contribution in [0.2, 0.25) is 0 Å². The molecule has 4 heteroatoms. The first-order chi connectivity index (χ1) is 10.3. The van der Waals surface area contributed by atoms with E-state index in [1.54, 1.807) is 24.3 Å². The summed E-state index contributed by atoms with van der Waals surface area (Å²) in [6.45, 7) is 2.19. The molecular formula is C17H15NO2S. The molecule has 2 aromatic carbocycles. The number of carbonyl (C=O) groups is 1. The molecule has 0 N–H and O–H groups in total. The maximum absolute atomic E-state index is 11.7. The molecule has 0 bridgehead atoms. The van der Waals surface area contributed by atoms with Gasteiger partial charge in [-0.05, 0) is 30.7 Å². The van der Waals surface area contributed by atoms with E-state index < -0.39 is 0 Å². The Hall–Kier alpha value is -2.20. The Kier molecular flexibility index (Phi) is 3.97. The number of benzene rings is 2. The molecule has 0 spiro atoms. The SMILES string of the molecule is CCOC(=O)c1ccc2nc(Cc3ccccc3)sc2c1. The van der Waals surface area contributed by atoms with Crippen molar-refractivity contribution in [1.29, 1.82) is 0 Å². The summed E-state index contributed by atoms with van der Waals surface area (Å²) < 4.78 is 6.04. The lowest BCUT2D eigenvalue weighted by Gasteiger charge is -2.00. The van der Waals surface area contributed by atoms with E-state index in [0.29, 0.717) is 12.2 Å². The van der Waals surface area contributed by atoms with Crippen molar-refractivity contribution in [3.63, 3.8) is 0 Å². The summed E-state index contributed by atoms with van der Waals surface area (Å²) in [5.41, 5.74) is 2.75. The van der Waals surface area contributed by atoms with Crippen molar-refractivity contribution in [2.24, 2.45) is 0 Å². The van der Waals surface area contributed by atoms with E-state index in [2.05, 4.69) is 17.1 Å². The maximum atomic E-state index is 11.7. The van der Waals surface area contributed by atoms with Gasteiger partial charge in [0.15, 0.2) is 0 Å². The summed E-state index contributed by atoms with van der Waals surface area (Å²) in [5, 5.41) is 1.05. The first-order valence-corrected chi connectivity index (χ1v) is 7.68. The minimum absolute atomic E-state index is 0.280. The summed E-state index contributed by atoms with van der Waals surface area (Å²) >= 11 is 1.62. The Morgan fingerprint density at radius 1 is 1.19 bits per heavy atom. The van der Waals surface area contributed by atoms with E-state index in [1.165, 1.54) is 5.56 Å². The molecule has 0 saturated heterocycles. The molecule has 106 valence electrons. The van der Waals surface area contributed by atoms with Crippen molar-refractivity contribution in [2.75, 3.05) is 6.61 Å². The predicted octanol–water partition coefficient (Wildman–Crippen LogP) is 4.06. The topological polar surface area (TPSA) is 39.2 Å². The Morgan fingerprint density at radius 2 is 2.00 bits per heavy atom. The lowest BCUT2D eigenvalue weighted by atomic mass is 10.2. The number of aromatic nitrogens is 1. The van der Waals surface area contributed by atoms with Gasteiger partial charge in [0.25, 0.3) is 0 Å². The van der Waals surface area contributed by atoms with Gasteiger partial charge in [0, 0.05) is 6.42 Å². The van der Waals surface area contributed by atoms with Crippen LogP contribution in [0.1, 0.15) is 27.9 Å². The molecule has 3 nitrogen and oxygen atoms in total. The largest absolute Gasteiger partial charge is 0.462 e. The Balaban J connectivity index is 1.88. The zero-order chi connectivity index (χ0) is 14.7. The second-order valence-corrected chi connectivity index (χ2v) is 5.79. The highest BCUT2D eigenvalue weighted by Crippen LogP contribution is 2.25. The Labute approximate surface area is 127 Å². The van der Waals surface area contributed by atoms with Crippen LogP contribution < -0.4 is 0 Å². The predicted molar refractivity (Wildman–Crippen MR) is 84.8 cm³/mol. The fourth-order valence-electron chi connectivity index (χ4n) is 2.16. The van der Waals surface area contributed by atoms with Crippen LogP contribution in [0.3, 0.4) is 0 Å². The molecular weight excluding hydrogens is 282 g/mol. The summed E-state index contributed by atoms with van der Waals surface area (Å²) in [6, 6.07) is 15.8. The van der Waals surface area contributed by atoms with E-state index >= 15 is 0 Å². The standard InChI is InChI=1S/C17H15NO2S/c1-2-20-17(19)13-8-9-14-15(11-13)21-16(18-14)10-12-6-4-3-5-7-12/h3-9,11H,2,10H2,1H3. The van der Waals surface area contributed by atoms with Crippen LogP contribution in [0.15, 0.2) is 48.5 Å². The third kappa shape index (κ3) is 3.11. The van der Waals surface area contributed by atoms with Crippen molar-refractivity contribution in [3.8, 4) is 0 Å². The fraction of sp³-hybridized carbons (Fsp3) is 0.176. The number of rotatable bonds is 4. The zero-order valence-corrected chi connectivity index (χ0v) is 12.5. The molecule has 0 aliphatic carbocycles. The number of carbonyl (C=O) groups excluding carboxylic acids is 1.